The van der Waals surface area contributed by atoms with E-state index in [0.29, 0.717) is 28.4 Å². The number of nitrogens with zero attached hydrogens (tertiary/aromatic N) is 2. The lowest BCUT2D eigenvalue weighted by Crippen LogP contribution is -2.54. The number of hydrogen-bond acceptors (Lipinski definition) is 7. The first-order chi connectivity index (χ1) is 19.9. The number of halogens is 3. The van der Waals surface area contributed by atoms with Gasteiger partial charge in [-0.15, -0.1) is 24.5 Å². The normalized spacial score (nSPS) is 15.0. The van der Waals surface area contributed by atoms with E-state index in [1.807, 2.05) is 43.9 Å². The molecule has 4 N–H and O–H groups in total. The highest BCUT2D eigenvalue weighted by atomic mass is 32.1. The minimum absolute atomic E-state index is 0.0197. The van der Waals surface area contributed by atoms with E-state index in [9.17, 15) is 27.9 Å². The highest BCUT2D eigenvalue weighted by Gasteiger charge is 2.34. The first kappa shape index (κ1) is 32.0. The molecule has 0 saturated heterocycles. The number of ether oxygens (including phenoxy) is 1. The number of β-amino-alcohol motifs (C(OH)–C–C–N with tert-alkyl or cyclic N) is 1. The van der Waals surface area contributed by atoms with Crippen LogP contribution < -0.4 is 30.5 Å². The van der Waals surface area contributed by atoms with Gasteiger partial charge in [0.15, 0.2) is 6.29 Å². The maximum atomic E-state index is 13.0. The third kappa shape index (κ3) is 8.77. The number of nitrogens with one attached hydrogen (secondary N) is 3. The Hall–Kier alpha value is -3.97. The predicted octanol–water partition coefficient (Wildman–Crippen LogP) is 6.82. The molecule has 0 bridgehead atoms. The second-order valence-electron chi connectivity index (χ2n) is 12.2. The average molecular weight is 620 g/mol. The van der Waals surface area contributed by atoms with Gasteiger partial charge < -0.3 is 30.3 Å². The summed E-state index contributed by atoms with van der Waals surface area (Å²) in [4.78, 5) is 30.0. The summed E-state index contributed by atoms with van der Waals surface area (Å²) in [6, 6.07) is 13.9. The van der Waals surface area contributed by atoms with Crippen LogP contribution in [0.15, 0.2) is 54.6 Å². The fourth-order valence-corrected chi connectivity index (χ4v) is 5.45. The van der Waals surface area contributed by atoms with E-state index in [2.05, 4.69) is 20.7 Å². The van der Waals surface area contributed by atoms with Gasteiger partial charge in [0.25, 0.3) is 0 Å². The lowest BCUT2D eigenvalue weighted by atomic mass is 9.91. The van der Waals surface area contributed by atoms with Crippen molar-refractivity contribution in [3.05, 3.63) is 54.6 Å². The van der Waals surface area contributed by atoms with Crippen molar-refractivity contribution in [3.8, 4) is 16.2 Å². The molecule has 2 aromatic carbocycles. The molecule has 1 aliphatic rings. The molecule has 0 fully saturated rings. The highest BCUT2D eigenvalue weighted by Crippen LogP contribution is 2.38. The minimum atomic E-state index is -4.77. The monoisotopic (exact) mass is 619 g/mol. The van der Waals surface area contributed by atoms with Crippen LogP contribution in [0.1, 0.15) is 41.0 Å². The number of aliphatic hydroxyl groups is 1. The Morgan fingerprint density at radius 2 is 1.72 bits per heavy atom. The van der Waals surface area contributed by atoms with Crippen molar-refractivity contribution in [3.63, 3.8) is 0 Å². The van der Waals surface area contributed by atoms with E-state index in [4.69, 9.17) is 0 Å². The van der Waals surface area contributed by atoms with Gasteiger partial charge in [-0.3, -0.25) is 10.1 Å². The van der Waals surface area contributed by atoms with Crippen molar-refractivity contribution in [2.75, 3.05) is 34.0 Å². The number of benzene rings is 2. The van der Waals surface area contributed by atoms with Gasteiger partial charge in [-0.1, -0.05) is 20.8 Å². The smallest absolute Gasteiger partial charge is 0.406 e. The first-order valence-corrected chi connectivity index (χ1v) is 14.4. The van der Waals surface area contributed by atoms with Crippen molar-refractivity contribution in [1.29, 1.82) is 0 Å². The van der Waals surface area contributed by atoms with Gasteiger partial charge in [-0.25, -0.2) is 4.79 Å². The molecule has 3 amide bonds. The fourth-order valence-electron chi connectivity index (χ4n) is 4.54. The van der Waals surface area contributed by atoms with Gasteiger partial charge in [0.2, 0.25) is 5.91 Å². The van der Waals surface area contributed by atoms with Gasteiger partial charge in [0, 0.05) is 30.6 Å². The highest BCUT2D eigenvalue weighted by molar-refractivity contribution is 7.19. The van der Waals surface area contributed by atoms with Gasteiger partial charge in [-0.05, 0) is 79.4 Å². The second-order valence-corrected chi connectivity index (χ2v) is 13.3. The number of rotatable bonds is 8. The summed E-state index contributed by atoms with van der Waals surface area (Å²) in [7, 11) is 1.72. The summed E-state index contributed by atoms with van der Waals surface area (Å²) in [6.07, 6.45) is -5.09. The summed E-state index contributed by atoms with van der Waals surface area (Å²) in [5.74, 6) is -0.338. The van der Waals surface area contributed by atoms with Crippen LogP contribution in [0.2, 0.25) is 0 Å². The van der Waals surface area contributed by atoms with Crippen molar-refractivity contribution in [2.45, 2.75) is 59.3 Å². The largest absolute Gasteiger partial charge is 0.573 e. The Kier molecular flexibility index (Phi) is 8.89. The topological polar surface area (TPSA) is 106 Å². The number of hydrogen-bond donors (Lipinski definition) is 4. The lowest BCUT2D eigenvalue weighted by Gasteiger charge is -2.32. The van der Waals surface area contributed by atoms with Crippen LogP contribution in [0.5, 0.6) is 5.75 Å². The maximum Gasteiger partial charge on any atom is 0.573 e. The zero-order valence-corrected chi connectivity index (χ0v) is 25.6. The Bertz CT molecular complexity index is 1460. The summed E-state index contributed by atoms with van der Waals surface area (Å²) in [6.45, 7) is 9.56. The van der Waals surface area contributed by atoms with Crippen molar-refractivity contribution in [1.82, 2.24) is 5.32 Å². The molecular weight excluding hydrogens is 583 g/mol. The molecule has 2 heterocycles. The molecular formula is C30H36F3N5O4S. The second kappa shape index (κ2) is 12.0. The summed E-state index contributed by atoms with van der Waals surface area (Å²) in [5.41, 5.74) is 1.56. The Balaban J connectivity index is 1.45. The van der Waals surface area contributed by atoms with E-state index in [-0.39, 0.29) is 23.6 Å². The molecule has 232 valence electrons. The molecule has 1 atom stereocenters. The van der Waals surface area contributed by atoms with Crippen LogP contribution in [-0.2, 0) is 4.79 Å². The zero-order chi connectivity index (χ0) is 31.7. The van der Waals surface area contributed by atoms with E-state index < -0.39 is 24.3 Å². The minimum Gasteiger partial charge on any atom is -0.406 e. The first-order valence-electron chi connectivity index (χ1n) is 13.6. The molecule has 0 radical (unpaired) electrons. The number of urea groups is 1. The molecule has 0 saturated carbocycles. The van der Waals surface area contributed by atoms with E-state index >= 15 is 0 Å². The summed E-state index contributed by atoms with van der Waals surface area (Å²) in [5, 5.41) is 20.1. The quantitative estimate of drug-likeness (QED) is 0.221. The molecule has 1 aromatic heterocycles. The lowest BCUT2D eigenvalue weighted by molar-refractivity contribution is -0.274. The molecule has 4 rings (SSSR count). The van der Waals surface area contributed by atoms with Gasteiger partial charge in [0.1, 0.15) is 5.75 Å². The third-order valence-corrected chi connectivity index (χ3v) is 7.43. The predicted molar refractivity (Wildman–Crippen MR) is 164 cm³/mol. The Labute approximate surface area is 252 Å². The van der Waals surface area contributed by atoms with Crippen LogP contribution in [0, 0.1) is 5.41 Å². The van der Waals surface area contributed by atoms with Crippen LogP contribution in [0.4, 0.5) is 40.0 Å². The molecule has 13 heteroatoms. The van der Waals surface area contributed by atoms with Crippen molar-refractivity contribution in [2.24, 2.45) is 5.41 Å². The molecule has 1 unspecified atom stereocenters. The average Bonchev–Trinajstić information content (AvgIpc) is 3.45. The number of alkyl halides is 3. The molecule has 3 aromatic rings. The molecule has 9 nitrogen and oxygen atoms in total. The Morgan fingerprint density at radius 3 is 2.33 bits per heavy atom. The number of fused-ring (bicyclic) bond motifs is 1. The standard InChI is InChI=1S/C30H36F3N5O4S/c1-28(2,3)16-25(39)37(6)19-9-12-22-21(15-19)34-26(38(22)17-29(4,5)41)36-27(40)35-24-14-13-23(43-24)18-7-10-20(11-8-18)42-30(31,32)33/h7-15,26,34,41H,16-17H2,1-6H3,(H2,35,36,40). The summed E-state index contributed by atoms with van der Waals surface area (Å²) >= 11 is 1.25. The molecule has 1 aliphatic heterocycles. The van der Waals surface area contributed by atoms with Gasteiger partial charge in [0.05, 0.1) is 22.0 Å². The maximum absolute atomic E-state index is 13.0. The van der Waals surface area contributed by atoms with Crippen LogP contribution in [0.25, 0.3) is 10.4 Å². The number of carbonyl (C=O) groups is 2. The van der Waals surface area contributed by atoms with Crippen LogP contribution in [0.3, 0.4) is 0 Å². The van der Waals surface area contributed by atoms with E-state index in [0.717, 1.165) is 10.6 Å². The van der Waals surface area contributed by atoms with Crippen LogP contribution >= 0.6 is 11.3 Å². The molecule has 0 spiro atoms. The Morgan fingerprint density at radius 1 is 1.05 bits per heavy atom. The number of thiophene rings is 1. The third-order valence-electron chi connectivity index (χ3n) is 6.38. The van der Waals surface area contributed by atoms with Gasteiger partial charge >= 0.3 is 12.4 Å². The fraction of sp³-hybridized carbons (Fsp3) is 0.400. The number of anilines is 4. The summed E-state index contributed by atoms with van der Waals surface area (Å²) < 4.78 is 41.3. The molecule has 0 aliphatic carbocycles. The van der Waals surface area contributed by atoms with E-state index in [1.165, 1.54) is 35.6 Å². The number of amides is 3. The van der Waals surface area contributed by atoms with Gasteiger partial charge in [-0.2, -0.15) is 0 Å². The van der Waals surface area contributed by atoms with Crippen LogP contribution in [-0.4, -0.2) is 48.9 Å². The van der Waals surface area contributed by atoms with Crippen molar-refractivity contribution < 1.29 is 32.6 Å². The number of carbonyl (C=O) groups excluding carboxylic acids is 2. The zero-order valence-electron chi connectivity index (χ0n) is 24.8. The van der Waals surface area contributed by atoms with Crippen molar-refractivity contribution >= 4 is 45.3 Å². The molecule has 43 heavy (non-hydrogen) atoms. The van der Waals surface area contributed by atoms with E-state index in [1.54, 1.807) is 37.9 Å². The SMILES string of the molecule is CN(C(=O)CC(C)(C)C)c1ccc2c(c1)NC(NC(=O)Nc1ccc(-c3ccc(OC(F)(F)F)cc3)s1)N2CC(C)(C)O.